The lowest BCUT2D eigenvalue weighted by atomic mass is 10.0. The van der Waals surface area contributed by atoms with Crippen LogP contribution in [-0.2, 0) is 9.84 Å². The summed E-state index contributed by atoms with van der Waals surface area (Å²) in [5.41, 5.74) is 1.73. The lowest BCUT2D eigenvalue weighted by Gasteiger charge is -2.12. The molecular formula is C13H19ClO3S. The average Bonchev–Trinajstić information content (AvgIpc) is 2.27. The second-order valence-corrected chi connectivity index (χ2v) is 7.37. The third-order valence-corrected chi connectivity index (χ3v) is 4.83. The highest BCUT2D eigenvalue weighted by atomic mass is 35.5. The summed E-state index contributed by atoms with van der Waals surface area (Å²) in [6.45, 7) is 3.54. The van der Waals surface area contributed by atoms with Crippen molar-refractivity contribution in [1.29, 1.82) is 0 Å². The van der Waals surface area contributed by atoms with Gasteiger partial charge in [-0.05, 0) is 43.0 Å². The van der Waals surface area contributed by atoms with Gasteiger partial charge in [-0.2, -0.15) is 0 Å². The first kappa shape index (κ1) is 15.5. The SMILES string of the molecule is CCS(=O)(=O)CCCC(O)c1cc(C)cc(Cl)c1. The zero-order chi connectivity index (χ0) is 13.8. The molecule has 1 atom stereocenters. The fraction of sp³-hybridized carbons (Fsp3) is 0.538. The van der Waals surface area contributed by atoms with Crippen molar-refractivity contribution in [2.24, 2.45) is 0 Å². The number of hydrogen-bond donors (Lipinski definition) is 1. The van der Waals surface area contributed by atoms with E-state index in [9.17, 15) is 13.5 Å². The van der Waals surface area contributed by atoms with Gasteiger partial charge in [0.25, 0.3) is 0 Å². The van der Waals surface area contributed by atoms with Gasteiger partial charge < -0.3 is 5.11 Å². The smallest absolute Gasteiger partial charge is 0.150 e. The van der Waals surface area contributed by atoms with Gasteiger partial charge in [0.1, 0.15) is 9.84 Å². The molecule has 0 aliphatic carbocycles. The van der Waals surface area contributed by atoms with Crippen LogP contribution >= 0.6 is 11.6 Å². The van der Waals surface area contributed by atoms with Gasteiger partial charge >= 0.3 is 0 Å². The van der Waals surface area contributed by atoms with E-state index in [2.05, 4.69) is 0 Å². The molecule has 0 saturated heterocycles. The van der Waals surface area contributed by atoms with Crippen molar-refractivity contribution in [2.75, 3.05) is 11.5 Å². The molecule has 0 aromatic heterocycles. The van der Waals surface area contributed by atoms with Crippen LogP contribution in [0.15, 0.2) is 18.2 Å². The van der Waals surface area contributed by atoms with E-state index in [0.29, 0.717) is 17.9 Å². The first-order valence-electron chi connectivity index (χ1n) is 5.99. The Labute approximate surface area is 114 Å². The zero-order valence-corrected chi connectivity index (χ0v) is 12.3. The van der Waals surface area contributed by atoms with Gasteiger partial charge in [0.2, 0.25) is 0 Å². The third-order valence-electron chi connectivity index (χ3n) is 2.82. The Kier molecular flexibility index (Phi) is 5.63. The summed E-state index contributed by atoms with van der Waals surface area (Å²) in [4.78, 5) is 0. The summed E-state index contributed by atoms with van der Waals surface area (Å²) >= 11 is 5.92. The number of aliphatic hydroxyl groups is 1. The molecule has 5 heteroatoms. The monoisotopic (exact) mass is 290 g/mol. The van der Waals surface area contributed by atoms with Crippen LogP contribution in [0.1, 0.15) is 37.0 Å². The molecule has 0 aliphatic rings. The van der Waals surface area contributed by atoms with Gasteiger partial charge in [-0.3, -0.25) is 0 Å². The largest absolute Gasteiger partial charge is 0.388 e. The van der Waals surface area contributed by atoms with Crippen LogP contribution in [0, 0.1) is 6.92 Å². The van der Waals surface area contributed by atoms with Crippen LogP contribution < -0.4 is 0 Å². The van der Waals surface area contributed by atoms with Crippen LogP contribution in [0.4, 0.5) is 0 Å². The fourth-order valence-corrected chi connectivity index (χ4v) is 2.96. The first-order chi connectivity index (χ1) is 8.34. The summed E-state index contributed by atoms with van der Waals surface area (Å²) in [6, 6.07) is 5.40. The number of halogens is 1. The number of aryl methyl sites for hydroxylation is 1. The molecule has 1 aromatic rings. The number of hydrogen-bond acceptors (Lipinski definition) is 3. The van der Waals surface area contributed by atoms with Crippen LogP contribution in [0.5, 0.6) is 0 Å². The van der Waals surface area contributed by atoms with E-state index < -0.39 is 15.9 Å². The van der Waals surface area contributed by atoms with Crippen molar-refractivity contribution >= 4 is 21.4 Å². The topological polar surface area (TPSA) is 54.4 Å². The maximum Gasteiger partial charge on any atom is 0.150 e. The van der Waals surface area contributed by atoms with Crippen LogP contribution in [-0.4, -0.2) is 25.0 Å². The summed E-state index contributed by atoms with van der Waals surface area (Å²) in [5.74, 6) is 0.277. The highest BCUT2D eigenvalue weighted by molar-refractivity contribution is 7.91. The molecule has 0 aliphatic heterocycles. The normalized spacial score (nSPS) is 13.6. The van der Waals surface area contributed by atoms with Gasteiger partial charge in [0.15, 0.2) is 0 Å². The van der Waals surface area contributed by atoms with E-state index in [-0.39, 0.29) is 11.5 Å². The van der Waals surface area contributed by atoms with E-state index in [4.69, 9.17) is 11.6 Å². The highest BCUT2D eigenvalue weighted by Gasteiger charge is 2.12. The van der Waals surface area contributed by atoms with Crippen LogP contribution in [0.25, 0.3) is 0 Å². The van der Waals surface area contributed by atoms with Crippen molar-refractivity contribution in [2.45, 2.75) is 32.8 Å². The lowest BCUT2D eigenvalue weighted by molar-refractivity contribution is 0.166. The summed E-state index contributed by atoms with van der Waals surface area (Å²) in [7, 11) is -2.95. The predicted molar refractivity (Wildman–Crippen MR) is 74.7 cm³/mol. The van der Waals surface area contributed by atoms with Crippen molar-refractivity contribution in [1.82, 2.24) is 0 Å². The minimum atomic E-state index is -2.95. The first-order valence-corrected chi connectivity index (χ1v) is 8.19. The molecule has 0 amide bonds. The van der Waals surface area contributed by atoms with E-state index in [0.717, 1.165) is 11.1 Å². The Morgan fingerprint density at radius 1 is 1.33 bits per heavy atom. The second-order valence-electron chi connectivity index (χ2n) is 4.46. The van der Waals surface area contributed by atoms with E-state index in [1.165, 1.54) is 0 Å². The minimum Gasteiger partial charge on any atom is -0.388 e. The highest BCUT2D eigenvalue weighted by Crippen LogP contribution is 2.23. The maximum atomic E-state index is 11.3. The minimum absolute atomic E-state index is 0.125. The zero-order valence-electron chi connectivity index (χ0n) is 10.7. The number of rotatable bonds is 6. The molecule has 18 heavy (non-hydrogen) atoms. The van der Waals surface area contributed by atoms with Gasteiger partial charge in [-0.15, -0.1) is 0 Å². The number of aliphatic hydroxyl groups excluding tert-OH is 1. The van der Waals surface area contributed by atoms with Crippen molar-refractivity contribution in [3.05, 3.63) is 34.3 Å². The number of benzene rings is 1. The Bertz CT molecular complexity index is 477. The molecule has 1 aromatic carbocycles. The van der Waals surface area contributed by atoms with E-state index in [1.54, 1.807) is 13.0 Å². The Balaban J connectivity index is 2.58. The summed E-state index contributed by atoms with van der Waals surface area (Å²) in [6.07, 6.45) is 0.233. The number of sulfone groups is 1. The molecule has 0 bridgehead atoms. The molecule has 1 unspecified atom stereocenters. The van der Waals surface area contributed by atoms with Gasteiger partial charge in [0.05, 0.1) is 11.9 Å². The Morgan fingerprint density at radius 2 is 2.00 bits per heavy atom. The lowest BCUT2D eigenvalue weighted by Crippen LogP contribution is -2.10. The molecule has 102 valence electrons. The molecular weight excluding hydrogens is 272 g/mol. The van der Waals surface area contributed by atoms with Crippen molar-refractivity contribution in [3.63, 3.8) is 0 Å². The molecule has 0 spiro atoms. The Hall–Kier alpha value is -0.580. The van der Waals surface area contributed by atoms with Crippen molar-refractivity contribution < 1.29 is 13.5 Å². The summed E-state index contributed by atoms with van der Waals surface area (Å²) < 4.78 is 22.6. The molecule has 1 N–H and O–H groups in total. The molecule has 1 rings (SSSR count). The summed E-state index contributed by atoms with van der Waals surface area (Å²) in [5, 5.41) is 10.6. The molecule has 3 nitrogen and oxygen atoms in total. The second kappa shape index (κ2) is 6.55. The standard InChI is InChI=1S/C13H19ClO3S/c1-3-18(16,17)6-4-5-13(15)11-7-10(2)8-12(14)9-11/h7-9,13,15H,3-6H2,1-2H3. The van der Waals surface area contributed by atoms with Gasteiger partial charge in [0, 0.05) is 10.8 Å². The Morgan fingerprint density at radius 3 is 2.56 bits per heavy atom. The van der Waals surface area contributed by atoms with Gasteiger partial charge in [-0.1, -0.05) is 24.6 Å². The van der Waals surface area contributed by atoms with Crippen LogP contribution in [0.2, 0.25) is 5.02 Å². The third kappa shape index (κ3) is 4.96. The molecule has 0 heterocycles. The quantitative estimate of drug-likeness (QED) is 0.876. The average molecular weight is 291 g/mol. The van der Waals surface area contributed by atoms with E-state index >= 15 is 0 Å². The predicted octanol–water partition coefficient (Wildman–Crippen LogP) is 2.90. The van der Waals surface area contributed by atoms with E-state index in [1.807, 2.05) is 19.1 Å². The molecule has 0 fully saturated rings. The maximum absolute atomic E-state index is 11.3. The van der Waals surface area contributed by atoms with Gasteiger partial charge in [-0.25, -0.2) is 8.42 Å². The fourth-order valence-electron chi connectivity index (χ4n) is 1.76. The van der Waals surface area contributed by atoms with Crippen LogP contribution in [0.3, 0.4) is 0 Å². The molecule has 0 radical (unpaired) electrons. The van der Waals surface area contributed by atoms with Crippen molar-refractivity contribution in [3.8, 4) is 0 Å². The molecule has 0 saturated carbocycles.